The average molecular weight is 384 g/mol. The molecule has 1 N–H and O–H groups in total. The maximum atomic E-state index is 13.2. The van der Waals surface area contributed by atoms with E-state index in [-0.39, 0.29) is 11.9 Å². The summed E-state index contributed by atoms with van der Waals surface area (Å²) in [6.07, 6.45) is 0. The van der Waals surface area contributed by atoms with Gasteiger partial charge in [-0.1, -0.05) is 23.7 Å². The standard InChI is InChI=1S/C20H18ClN3O3/c1-23-16-11-24(14-7-9-15(27-2)10-8-14)19(25)17(16)18(22-20(23)26)12-3-5-13(21)6-4-12/h3-10,18H,11H2,1-2H3,(H,22,26)/t18-/m0/s1. The highest BCUT2D eigenvalue weighted by molar-refractivity contribution is 6.30. The smallest absolute Gasteiger partial charge is 0.322 e. The lowest BCUT2D eigenvalue weighted by Gasteiger charge is -2.31. The Morgan fingerprint density at radius 1 is 1.07 bits per heavy atom. The van der Waals surface area contributed by atoms with Crippen LogP contribution in [0.1, 0.15) is 11.6 Å². The molecule has 0 spiro atoms. The van der Waals surface area contributed by atoms with E-state index in [9.17, 15) is 9.59 Å². The minimum absolute atomic E-state index is 0.123. The summed E-state index contributed by atoms with van der Waals surface area (Å²) in [6.45, 7) is 0.342. The summed E-state index contributed by atoms with van der Waals surface area (Å²) in [7, 11) is 3.27. The second-order valence-electron chi connectivity index (χ2n) is 6.44. The van der Waals surface area contributed by atoms with Crippen molar-refractivity contribution in [3.05, 3.63) is 70.4 Å². The molecule has 2 aliphatic heterocycles. The third-order valence-corrected chi connectivity index (χ3v) is 5.20. The van der Waals surface area contributed by atoms with Gasteiger partial charge in [0, 0.05) is 17.8 Å². The normalized spacial score (nSPS) is 19.3. The molecule has 0 saturated heterocycles. The molecule has 2 aliphatic rings. The number of benzene rings is 2. The highest BCUT2D eigenvalue weighted by Gasteiger charge is 2.43. The van der Waals surface area contributed by atoms with Crippen molar-refractivity contribution >= 4 is 29.2 Å². The topological polar surface area (TPSA) is 61.9 Å². The summed E-state index contributed by atoms with van der Waals surface area (Å²) in [5.41, 5.74) is 2.86. The molecule has 7 heteroatoms. The van der Waals surface area contributed by atoms with Crippen LogP contribution in [-0.2, 0) is 4.79 Å². The number of ether oxygens (including phenoxy) is 1. The predicted molar refractivity (Wildman–Crippen MR) is 103 cm³/mol. The van der Waals surface area contributed by atoms with Gasteiger partial charge in [0.25, 0.3) is 5.91 Å². The molecule has 0 unspecified atom stereocenters. The number of nitrogens with zero attached hydrogens (tertiary/aromatic N) is 2. The predicted octanol–water partition coefficient (Wildman–Crippen LogP) is 3.35. The Morgan fingerprint density at radius 2 is 1.74 bits per heavy atom. The van der Waals surface area contributed by atoms with Gasteiger partial charge in [0.05, 0.1) is 31.0 Å². The SMILES string of the molecule is COc1ccc(N2CC3=C(C2=O)[C@H](c2ccc(Cl)cc2)NC(=O)N3C)cc1. The lowest BCUT2D eigenvalue weighted by molar-refractivity contribution is -0.114. The van der Waals surface area contributed by atoms with E-state index in [2.05, 4.69) is 5.32 Å². The minimum atomic E-state index is -0.503. The number of anilines is 1. The number of rotatable bonds is 3. The second kappa shape index (κ2) is 6.63. The maximum Gasteiger partial charge on any atom is 0.322 e. The fourth-order valence-corrected chi connectivity index (χ4v) is 3.57. The number of amides is 3. The van der Waals surface area contributed by atoms with Gasteiger partial charge in [0.15, 0.2) is 0 Å². The average Bonchev–Trinajstić information content (AvgIpc) is 3.03. The molecule has 2 aromatic rings. The Labute approximate surface area is 162 Å². The second-order valence-corrected chi connectivity index (χ2v) is 6.88. The summed E-state index contributed by atoms with van der Waals surface area (Å²) in [5.74, 6) is 0.595. The molecule has 2 aromatic carbocycles. The van der Waals surface area contributed by atoms with Crippen LogP contribution in [0.4, 0.5) is 10.5 Å². The summed E-state index contributed by atoms with van der Waals surface area (Å²) in [4.78, 5) is 28.8. The molecule has 0 radical (unpaired) electrons. The molecule has 1 atom stereocenters. The van der Waals surface area contributed by atoms with Gasteiger partial charge in [-0.05, 0) is 42.0 Å². The number of hydrogen-bond acceptors (Lipinski definition) is 3. The van der Waals surface area contributed by atoms with Gasteiger partial charge in [0.1, 0.15) is 5.75 Å². The van der Waals surface area contributed by atoms with Crippen LogP contribution in [0.25, 0.3) is 0 Å². The van der Waals surface area contributed by atoms with Crippen LogP contribution in [-0.4, -0.2) is 37.5 Å². The summed E-state index contributed by atoms with van der Waals surface area (Å²) >= 11 is 5.98. The van der Waals surface area contributed by atoms with Crippen molar-refractivity contribution in [2.24, 2.45) is 0 Å². The number of nitrogens with one attached hydrogen (secondary N) is 1. The molecule has 2 heterocycles. The Balaban J connectivity index is 1.72. The van der Waals surface area contributed by atoms with Crippen LogP contribution in [0, 0.1) is 0 Å². The van der Waals surface area contributed by atoms with E-state index >= 15 is 0 Å². The van der Waals surface area contributed by atoms with E-state index in [1.165, 1.54) is 4.90 Å². The Kier molecular flexibility index (Phi) is 4.28. The molecule has 3 amide bonds. The number of halogens is 1. The maximum absolute atomic E-state index is 13.2. The molecule has 6 nitrogen and oxygen atoms in total. The van der Waals surface area contributed by atoms with E-state index < -0.39 is 6.04 Å². The van der Waals surface area contributed by atoms with Gasteiger partial charge in [-0.25, -0.2) is 4.79 Å². The van der Waals surface area contributed by atoms with Crippen molar-refractivity contribution in [2.75, 3.05) is 25.6 Å². The van der Waals surface area contributed by atoms with E-state index in [0.29, 0.717) is 22.8 Å². The molecule has 0 saturated carbocycles. The molecule has 27 heavy (non-hydrogen) atoms. The van der Waals surface area contributed by atoms with Crippen LogP contribution in [0.2, 0.25) is 5.02 Å². The van der Waals surface area contributed by atoms with Gasteiger partial charge in [0.2, 0.25) is 0 Å². The zero-order chi connectivity index (χ0) is 19.1. The van der Waals surface area contributed by atoms with Crippen LogP contribution in [0.5, 0.6) is 5.75 Å². The number of carbonyl (C=O) groups is 2. The molecule has 0 aromatic heterocycles. The first-order chi connectivity index (χ1) is 13.0. The van der Waals surface area contributed by atoms with Crippen LogP contribution in [0.15, 0.2) is 59.8 Å². The molecule has 0 aliphatic carbocycles. The number of hydrogen-bond donors (Lipinski definition) is 1. The first kappa shape index (κ1) is 17.4. The summed E-state index contributed by atoms with van der Waals surface area (Å²) in [5, 5.41) is 3.51. The van der Waals surface area contributed by atoms with Crippen molar-refractivity contribution in [2.45, 2.75) is 6.04 Å². The van der Waals surface area contributed by atoms with Gasteiger partial charge in [-0.3, -0.25) is 9.69 Å². The van der Waals surface area contributed by atoms with Gasteiger partial charge < -0.3 is 15.0 Å². The first-order valence-electron chi connectivity index (χ1n) is 8.48. The molecule has 0 fully saturated rings. The number of carbonyl (C=O) groups excluding carboxylic acids is 2. The Morgan fingerprint density at radius 3 is 2.37 bits per heavy atom. The van der Waals surface area contributed by atoms with Gasteiger partial charge in [-0.2, -0.15) is 0 Å². The summed E-state index contributed by atoms with van der Waals surface area (Å²) < 4.78 is 5.18. The fraction of sp³-hybridized carbons (Fsp3) is 0.200. The fourth-order valence-electron chi connectivity index (χ4n) is 3.44. The number of likely N-dealkylation sites (N-methyl/N-ethyl adjacent to an activating group) is 1. The van der Waals surface area contributed by atoms with Crippen LogP contribution in [0.3, 0.4) is 0 Å². The largest absolute Gasteiger partial charge is 0.497 e. The number of methoxy groups -OCH3 is 1. The van der Waals surface area contributed by atoms with E-state index in [0.717, 1.165) is 17.0 Å². The lowest BCUT2D eigenvalue weighted by atomic mass is 9.96. The van der Waals surface area contributed by atoms with E-state index in [1.54, 1.807) is 31.2 Å². The molecular formula is C20H18ClN3O3. The van der Waals surface area contributed by atoms with Crippen LogP contribution < -0.4 is 15.0 Å². The third-order valence-electron chi connectivity index (χ3n) is 4.95. The lowest BCUT2D eigenvalue weighted by Crippen LogP contribution is -2.45. The highest BCUT2D eigenvalue weighted by Crippen LogP contribution is 2.38. The van der Waals surface area contributed by atoms with E-state index in [4.69, 9.17) is 16.3 Å². The molecular weight excluding hydrogens is 366 g/mol. The number of urea groups is 1. The highest BCUT2D eigenvalue weighted by atomic mass is 35.5. The van der Waals surface area contributed by atoms with Crippen molar-refractivity contribution in [1.82, 2.24) is 10.2 Å². The molecule has 4 rings (SSSR count). The van der Waals surface area contributed by atoms with Crippen molar-refractivity contribution in [3.63, 3.8) is 0 Å². The van der Waals surface area contributed by atoms with Crippen molar-refractivity contribution < 1.29 is 14.3 Å². The zero-order valence-corrected chi connectivity index (χ0v) is 15.7. The molecule has 0 bridgehead atoms. The molecule has 138 valence electrons. The monoisotopic (exact) mass is 383 g/mol. The van der Waals surface area contributed by atoms with Crippen molar-refractivity contribution in [3.8, 4) is 5.75 Å². The van der Waals surface area contributed by atoms with Gasteiger partial charge >= 0.3 is 6.03 Å². The van der Waals surface area contributed by atoms with Gasteiger partial charge in [-0.15, -0.1) is 0 Å². The Hall–Kier alpha value is -2.99. The first-order valence-corrected chi connectivity index (χ1v) is 8.86. The van der Waals surface area contributed by atoms with E-state index in [1.807, 2.05) is 36.4 Å². The Bertz CT molecular complexity index is 938. The minimum Gasteiger partial charge on any atom is -0.497 e. The van der Waals surface area contributed by atoms with Crippen molar-refractivity contribution in [1.29, 1.82) is 0 Å². The zero-order valence-electron chi connectivity index (χ0n) is 14.9. The third kappa shape index (κ3) is 2.92. The summed E-state index contributed by atoms with van der Waals surface area (Å²) in [6, 6.07) is 13.7. The quantitative estimate of drug-likeness (QED) is 0.884. The van der Waals surface area contributed by atoms with Crippen LogP contribution >= 0.6 is 11.6 Å².